The normalized spacial score (nSPS) is 11.4. The van der Waals surface area contributed by atoms with Crippen molar-refractivity contribution < 1.29 is 4.42 Å². The Morgan fingerprint density at radius 2 is 2.26 bits per heavy atom. The van der Waals surface area contributed by atoms with Gasteiger partial charge in [0.15, 0.2) is 0 Å². The van der Waals surface area contributed by atoms with Crippen LogP contribution in [-0.2, 0) is 19.6 Å². The van der Waals surface area contributed by atoms with Gasteiger partial charge in [-0.3, -0.25) is 4.90 Å². The first-order valence-corrected chi connectivity index (χ1v) is 7.42. The molecule has 4 nitrogen and oxygen atoms in total. The molecule has 2 rings (SSSR count). The Labute approximate surface area is 118 Å². The first-order chi connectivity index (χ1) is 9.20. The van der Waals surface area contributed by atoms with Gasteiger partial charge in [0, 0.05) is 23.5 Å². The molecule has 5 heteroatoms. The molecule has 0 aliphatic heterocycles. The molecule has 2 heterocycles. The SMILES string of the molecule is CCNCc1occc1CN(C)Cc1scnc1C. The van der Waals surface area contributed by atoms with Crippen molar-refractivity contribution in [3.63, 3.8) is 0 Å². The lowest BCUT2D eigenvalue weighted by Gasteiger charge is -2.16. The third-order valence-corrected chi connectivity index (χ3v) is 3.99. The minimum atomic E-state index is 0.798. The van der Waals surface area contributed by atoms with Crippen LogP contribution in [0.15, 0.2) is 22.3 Å². The number of hydrogen-bond acceptors (Lipinski definition) is 5. The number of aromatic nitrogens is 1. The zero-order valence-electron chi connectivity index (χ0n) is 11.8. The van der Waals surface area contributed by atoms with E-state index in [1.165, 1.54) is 10.4 Å². The van der Waals surface area contributed by atoms with Crippen molar-refractivity contribution in [2.45, 2.75) is 33.5 Å². The predicted molar refractivity (Wildman–Crippen MR) is 78.1 cm³/mol. The fourth-order valence-corrected chi connectivity index (χ4v) is 2.83. The van der Waals surface area contributed by atoms with Crippen LogP contribution in [0.3, 0.4) is 0 Å². The number of nitrogens with zero attached hydrogens (tertiary/aromatic N) is 2. The standard InChI is InChI=1S/C14H21N3OS/c1-4-15-7-13-12(5-6-18-13)8-17(3)9-14-11(2)16-10-19-14/h5-6,10,15H,4,7-9H2,1-3H3. The zero-order valence-corrected chi connectivity index (χ0v) is 12.6. The highest BCUT2D eigenvalue weighted by Gasteiger charge is 2.10. The van der Waals surface area contributed by atoms with E-state index < -0.39 is 0 Å². The van der Waals surface area contributed by atoms with Crippen molar-refractivity contribution in [3.8, 4) is 0 Å². The number of rotatable bonds is 7. The summed E-state index contributed by atoms with van der Waals surface area (Å²) in [6, 6.07) is 2.06. The molecule has 0 unspecified atom stereocenters. The fraction of sp³-hybridized carbons (Fsp3) is 0.500. The van der Waals surface area contributed by atoms with E-state index in [0.717, 1.165) is 37.6 Å². The van der Waals surface area contributed by atoms with Crippen LogP contribution in [0.25, 0.3) is 0 Å². The minimum absolute atomic E-state index is 0.798. The van der Waals surface area contributed by atoms with Crippen molar-refractivity contribution in [1.82, 2.24) is 15.2 Å². The highest BCUT2D eigenvalue weighted by molar-refractivity contribution is 7.09. The molecule has 0 aliphatic rings. The predicted octanol–water partition coefficient (Wildman–Crippen LogP) is 2.79. The van der Waals surface area contributed by atoms with Gasteiger partial charge in [-0.1, -0.05) is 6.92 Å². The molecule has 0 fully saturated rings. The van der Waals surface area contributed by atoms with E-state index in [0.29, 0.717) is 0 Å². The lowest BCUT2D eigenvalue weighted by atomic mass is 10.2. The summed E-state index contributed by atoms with van der Waals surface area (Å²) in [7, 11) is 2.13. The van der Waals surface area contributed by atoms with E-state index in [1.54, 1.807) is 17.6 Å². The smallest absolute Gasteiger partial charge is 0.122 e. The Hall–Kier alpha value is -1.17. The lowest BCUT2D eigenvalue weighted by Crippen LogP contribution is -2.19. The van der Waals surface area contributed by atoms with E-state index in [-0.39, 0.29) is 0 Å². The number of nitrogens with one attached hydrogen (secondary N) is 1. The van der Waals surface area contributed by atoms with Crippen LogP contribution in [0.2, 0.25) is 0 Å². The van der Waals surface area contributed by atoms with Crippen LogP contribution >= 0.6 is 11.3 Å². The summed E-state index contributed by atoms with van der Waals surface area (Å²) in [6.07, 6.45) is 1.77. The monoisotopic (exact) mass is 279 g/mol. The highest BCUT2D eigenvalue weighted by atomic mass is 32.1. The largest absolute Gasteiger partial charge is 0.468 e. The summed E-state index contributed by atoms with van der Waals surface area (Å²) in [5.74, 6) is 1.04. The summed E-state index contributed by atoms with van der Waals surface area (Å²) in [6.45, 7) is 7.74. The molecular formula is C14H21N3OS. The van der Waals surface area contributed by atoms with Gasteiger partial charge in [-0.25, -0.2) is 4.98 Å². The molecule has 0 spiro atoms. The molecule has 2 aromatic heterocycles. The van der Waals surface area contributed by atoms with Gasteiger partial charge in [-0.2, -0.15) is 0 Å². The molecule has 1 N–H and O–H groups in total. The first kappa shape index (κ1) is 14.2. The molecular weight excluding hydrogens is 258 g/mol. The summed E-state index contributed by atoms with van der Waals surface area (Å²) in [5.41, 5.74) is 4.30. The molecule has 0 aliphatic carbocycles. The maximum Gasteiger partial charge on any atom is 0.122 e. The molecule has 2 aromatic rings. The third-order valence-electron chi connectivity index (χ3n) is 3.07. The van der Waals surface area contributed by atoms with E-state index in [1.807, 2.05) is 5.51 Å². The molecule has 19 heavy (non-hydrogen) atoms. The third kappa shape index (κ3) is 3.89. The lowest BCUT2D eigenvalue weighted by molar-refractivity contribution is 0.316. The van der Waals surface area contributed by atoms with Crippen molar-refractivity contribution in [3.05, 3.63) is 39.7 Å². The van der Waals surface area contributed by atoms with Crippen molar-refractivity contribution in [2.75, 3.05) is 13.6 Å². The van der Waals surface area contributed by atoms with Crippen molar-refractivity contribution >= 4 is 11.3 Å². The Morgan fingerprint density at radius 1 is 1.42 bits per heavy atom. The second-order valence-electron chi connectivity index (χ2n) is 4.68. The average molecular weight is 279 g/mol. The summed E-state index contributed by atoms with van der Waals surface area (Å²) in [5, 5.41) is 3.30. The fourth-order valence-electron chi connectivity index (χ4n) is 1.97. The second-order valence-corrected chi connectivity index (χ2v) is 5.62. The van der Waals surface area contributed by atoms with Gasteiger partial charge in [0.25, 0.3) is 0 Å². The highest BCUT2D eigenvalue weighted by Crippen LogP contribution is 2.17. The maximum absolute atomic E-state index is 5.53. The first-order valence-electron chi connectivity index (χ1n) is 6.54. The Balaban J connectivity index is 1.93. The molecule has 0 saturated heterocycles. The molecule has 0 atom stereocenters. The van der Waals surface area contributed by atoms with Crippen LogP contribution in [0, 0.1) is 6.92 Å². The van der Waals surface area contributed by atoms with Crippen LogP contribution in [0.5, 0.6) is 0 Å². The maximum atomic E-state index is 5.53. The minimum Gasteiger partial charge on any atom is -0.468 e. The van der Waals surface area contributed by atoms with Gasteiger partial charge in [-0.05, 0) is 26.6 Å². The van der Waals surface area contributed by atoms with Gasteiger partial charge >= 0.3 is 0 Å². The van der Waals surface area contributed by atoms with Crippen LogP contribution in [0.4, 0.5) is 0 Å². The molecule has 0 amide bonds. The number of thiazole rings is 1. The molecule has 0 radical (unpaired) electrons. The number of hydrogen-bond donors (Lipinski definition) is 1. The van der Waals surface area contributed by atoms with Gasteiger partial charge in [-0.15, -0.1) is 11.3 Å². The Kier molecular flexibility index (Phi) is 5.13. The van der Waals surface area contributed by atoms with Gasteiger partial charge in [0.2, 0.25) is 0 Å². The van der Waals surface area contributed by atoms with Crippen LogP contribution in [-0.4, -0.2) is 23.5 Å². The zero-order chi connectivity index (χ0) is 13.7. The van der Waals surface area contributed by atoms with E-state index in [4.69, 9.17) is 4.42 Å². The Morgan fingerprint density at radius 3 is 2.95 bits per heavy atom. The van der Waals surface area contributed by atoms with Gasteiger partial charge in [0.1, 0.15) is 5.76 Å². The molecule has 0 aromatic carbocycles. The van der Waals surface area contributed by atoms with Crippen LogP contribution < -0.4 is 5.32 Å². The summed E-state index contributed by atoms with van der Waals surface area (Å²) in [4.78, 5) is 7.91. The summed E-state index contributed by atoms with van der Waals surface area (Å²) < 4.78 is 5.53. The van der Waals surface area contributed by atoms with E-state index in [2.05, 4.69) is 42.2 Å². The van der Waals surface area contributed by atoms with Crippen molar-refractivity contribution in [1.29, 1.82) is 0 Å². The molecule has 0 saturated carbocycles. The van der Waals surface area contributed by atoms with E-state index in [9.17, 15) is 0 Å². The number of furan rings is 1. The number of aryl methyl sites for hydroxylation is 1. The molecule has 0 bridgehead atoms. The van der Waals surface area contributed by atoms with E-state index >= 15 is 0 Å². The van der Waals surface area contributed by atoms with Gasteiger partial charge in [0.05, 0.1) is 24.0 Å². The topological polar surface area (TPSA) is 41.3 Å². The quantitative estimate of drug-likeness (QED) is 0.846. The molecule has 104 valence electrons. The Bertz CT molecular complexity index is 506. The summed E-state index contributed by atoms with van der Waals surface area (Å²) >= 11 is 1.72. The van der Waals surface area contributed by atoms with Crippen molar-refractivity contribution in [2.24, 2.45) is 0 Å². The van der Waals surface area contributed by atoms with Crippen LogP contribution in [0.1, 0.15) is 28.8 Å². The van der Waals surface area contributed by atoms with Gasteiger partial charge < -0.3 is 9.73 Å². The second kappa shape index (κ2) is 6.84. The average Bonchev–Trinajstić information content (AvgIpc) is 2.97.